The summed E-state index contributed by atoms with van der Waals surface area (Å²) < 4.78 is 13.5. The van der Waals surface area contributed by atoms with Gasteiger partial charge in [-0.1, -0.05) is 25.1 Å². The second-order valence-electron chi connectivity index (χ2n) is 5.34. The maximum absolute atomic E-state index is 13.5. The number of hydrogen-bond donors (Lipinski definition) is 2. The van der Waals surface area contributed by atoms with Crippen molar-refractivity contribution in [3.63, 3.8) is 0 Å². The zero-order chi connectivity index (χ0) is 13.2. The van der Waals surface area contributed by atoms with Crippen LogP contribution in [0.3, 0.4) is 0 Å². The van der Waals surface area contributed by atoms with Crippen LogP contribution in [-0.2, 0) is 6.54 Å². The Hall–Kier alpha value is -1.42. The first-order valence-corrected chi connectivity index (χ1v) is 6.31. The molecule has 3 nitrogen and oxygen atoms in total. The van der Waals surface area contributed by atoms with Crippen molar-refractivity contribution in [3.05, 3.63) is 35.6 Å². The maximum atomic E-state index is 13.5. The number of nitrogens with two attached hydrogens (primary N) is 1. The summed E-state index contributed by atoms with van der Waals surface area (Å²) in [6, 6.07) is 6.90. The van der Waals surface area contributed by atoms with Crippen LogP contribution >= 0.6 is 0 Å². The lowest BCUT2D eigenvalue weighted by Gasteiger charge is -2.38. The van der Waals surface area contributed by atoms with Gasteiger partial charge in [0.1, 0.15) is 5.82 Å². The molecule has 0 aliphatic carbocycles. The van der Waals surface area contributed by atoms with Gasteiger partial charge in [0, 0.05) is 17.5 Å². The molecule has 0 amide bonds. The standard InChI is InChI=1S/C14H20FN3/c1-14(13(16)17)6-8-18(9-7-14)10-11-4-2-3-5-12(11)15/h2-5H,6-10H2,1H3,(H3,16,17). The van der Waals surface area contributed by atoms with Crippen LogP contribution in [0.15, 0.2) is 24.3 Å². The van der Waals surface area contributed by atoms with Crippen LogP contribution in [0.1, 0.15) is 25.3 Å². The highest BCUT2D eigenvalue weighted by Crippen LogP contribution is 2.31. The molecule has 98 valence electrons. The summed E-state index contributed by atoms with van der Waals surface area (Å²) in [6.45, 7) is 4.41. The average Bonchev–Trinajstić information content (AvgIpc) is 2.35. The lowest BCUT2D eigenvalue weighted by atomic mass is 9.79. The van der Waals surface area contributed by atoms with Crippen molar-refractivity contribution in [1.82, 2.24) is 4.90 Å². The highest BCUT2D eigenvalue weighted by Gasteiger charge is 2.32. The molecule has 1 aromatic carbocycles. The van der Waals surface area contributed by atoms with Crippen molar-refractivity contribution in [2.24, 2.45) is 11.1 Å². The van der Waals surface area contributed by atoms with Crippen molar-refractivity contribution in [2.45, 2.75) is 26.3 Å². The summed E-state index contributed by atoms with van der Waals surface area (Å²) in [5, 5.41) is 7.61. The van der Waals surface area contributed by atoms with E-state index in [-0.39, 0.29) is 17.1 Å². The molecule has 1 aromatic rings. The molecule has 2 rings (SSSR count). The van der Waals surface area contributed by atoms with Crippen LogP contribution in [0.25, 0.3) is 0 Å². The molecule has 18 heavy (non-hydrogen) atoms. The van der Waals surface area contributed by atoms with E-state index in [1.165, 1.54) is 6.07 Å². The van der Waals surface area contributed by atoms with Gasteiger partial charge in [-0.25, -0.2) is 4.39 Å². The van der Waals surface area contributed by atoms with E-state index in [1.807, 2.05) is 19.1 Å². The smallest absolute Gasteiger partial charge is 0.127 e. The zero-order valence-corrected chi connectivity index (χ0v) is 10.7. The van der Waals surface area contributed by atoms with Crippen molar-refractivity contribution in [2.75, 3.05) is 13.1 Å². The van der Waals surface area contributed by atoms with E-state index in [2.05, 4.69) is 4.90 Å². The highest BCUT2D eigenvalue weighted by molar-refractivity contribution is 5.83. The second-order valence-corrected chi connectivity index (χ2v) is 5.34. The number of benzene rings is 1. The number of nitrogens with zero attached hydrogens (tertiary/aromatic N) is 1. The molecular weight excluding hydrogens is 229 g/mol. The topological polar surface area (TPSA) is 53.1 Å². The Balaban J connectivity index is 1.95. The first kappa shape index (κ1) is 13.0. The fourth-order valence-corrected chi connectivity index (χ4v) is 2.34. The molecule has 4 heteroatoms. The normalized spacial score (nSPS) is 19.7. The largest absolute Gasteiger partial charge is 0.387 e. The van der Waals surface area contributed by atoms with Gasteiger partial charge in [0.05, 0.1) is 5.84 Å². The van der Waals surface area contributed by atoms with Gasteiger partial charge < -0.3 is 5.73 Å². The van der Waals surface area contributed by atoms with Gasteiger partial charge in [0.15, 0.2) is 0 Å². The van der Waals surface area contributed by atoms with Crippen molar-refractivity contribution < 1.29 is 4.39 Å². The van der Waals surface area contributed by atoms with Gasteiger partial charge in [-0.15, -0.1) is 0 Å². The maximum Gasteiger partial charge on any atom is 0.127 e. The van der Waals surface area contributed by atoms with E-state index in [0.717, 1.165) is 31.5 Å². The third-order valence-electron chi connectivity index (χ3n) is 3.96. The number of rotatable bonds is 3. The molecule has 0 radical (unpaired) electrons. The van der Waals surface area contributed by atoms with E-state index < -0.39 is 0 Å². The first-order chi connectivity index (χ1) is 8.51. The molecule has 0 bridgehead atoms. The predicted molar refractivity (Wildman–Crippen MR) is 70.9 cm³/mol. The van der Waals surface area contributed by atoms with Gasteiger partial charge in [0.25, 0.3) is 0 Å². The lowest BCUT2D eigenvalue weighted by Crippen LogP contribution is -2.44. The SMILES string of the molecule is CC1(C(=N)N)CCN(Cc2ccccc2F)CC1. The number of amidine groups is 1. The van der Waals surface area contributed by atoms with Crippen LogP contribution < -0.4 is 5.73 Å². The predicted octanol–water partition coefficient (Wildman–Crippen LogP) is 2.36. The molecule has 0 unspecified atom stereocenters. The Morgan fingerprint density at radius 1 is 1.39 bits per heavy atom. The van der Waals surface area contributed by atoms with Crippen molar-refractivity contribution in [3.8, 4) is 0 Å². The highest BCUT2D eigenvalue weighted by atomic mass is 19.1. The van der Waals surface area contributed by atoms with Crippen LogP contribution in [-0.4, -0.2) is 23.8 Å². The Labute approximate surface area is 107 Å². The van der Waals surface area contributed by atoms with Crippen LogP contribution in [0.2, 0.25) is 0 Å². The Morgan fingerprint density at radius 2 is 2.00 bits per heavy atom. The van der Waals surface area contributed by atoms with Gasteiger partial charge >= 0.3 is 0 Å². The molecule has 0 atom stereocenters. The van der Waals surface area contributed by atoms with Gasteiger partial charge in [-0.2, -0.15) is 0 Å². The summed E-state index contributed by atoms with van der Waals surface area (Å²) in [7, 11) is 0. The summed E-state index contributed by atoms with van der Waals surface area (Å²) in [4.78, 5) is 2.23. The molecular formula is C14H20FN3. The summed E-state index contributed by atoms with van der Waals surface area (Å²) in [5.74, 6) is 0.130. The van der Waals surface area contributed by atoms with Crippen LogP contribution in [0.4, 0.5) is 4.39 Å². The minimum atomic E-state index is -0.175. The number of likely N-dealkylation sites (tertiary alicyclic amines) is 1. The van der Waals surface area contributed by atoms with E-state index >= 15 is 0 Å². The molecule has 1 aliphatic heterocycles. The molecule has 0 spiro atoms. The number of nitrogens with one attached hydrogen (secondary N) is 1. The molecule has 1 aliphatic rings. The molecule has 0 saturated carbocycles. The third-order valence-corrected chi connectivity index (χ3v) is 3.96. The lowest BCUT2D eigenvalue weighted by molar-refractivity contribution is 0.154. The number of halogens is 1. The van der Waals surface area contributed by atoms with Crippen LogP contribution in [0.5, 0.6) is 0 Å². The minimum absolute atomic E-state index is 0.141. The summed E-state index contributed by atoms with van der Waals surface area (Å²) in [6.07, 6.45) is 1.74. The second kappa shape index (κ2) is 5.06. The van der Waals surface area contributed by atoms with Gasteiger partial charge in [-0.3, -0.25) is 10.3 Å². The molecule has 0 aromatic heterocycles. The molecule has 3 N–H and O–H groups in total. The molecule has 1 saturated heterocycles. The van der Waals surface area contributed by atoms with Crippen LogP contribution in [0, 0.1) is 16.6 Å². The Kier molecular flexibility index (Phi) is 3.66. The van der Waals surface area contributed by atoms with E-state index in [4.69, 9.17) is 11.1 Å². The summed E-state index contributed by atoms with van der Waals surface area (Å²) in [5.41, 5.74) is 6.19. The van der Waals surface area contributed by atoms with Gasteiger partial charge in [0.2, 0.25) is 0 Å². The van der Waals surface area contributed by atoms with Crippen molar-refractivity contribution >= 4 is 5.84 Å². The Bertz CT molecular complexity index is 436. The van der Waals surface area contributed by atoms with E-state index in [0.29, 0.717) is 6.54 Å². The number of piperidine rings is 1. The van der Waals surface area contributed by atoms with E-state index in [1.54, 1.807) is 6.07 Å². The first-order valence-electron chi connectivity index (χ1n) is 6.31. The average molecular weight is 249 g/mol. The number of hydrogen-bond acceptors (Lipinski definition) is 2. The quantitative estimate of drug-likeness (QED) is 0.638. The Morgan fingerprint density at radius 3 is 2.56 bits per heavy atom. The monoisotopic (exact) mass is 249 g/mol. The fourth-order valence-electron chi connectivity index (χ4n) is 2.34. The third kappa shape index (κ3) is 2.70. The minimum Gasteiger partial charge on any atom is -0.387 e. The van der Waals surface area contributed by atoms with Gasteiger partial charge in [-0.05, 0) is 32.0 Å². The molecule has 1 fully saturated rings. The summed E-state index contributed by atoms with van der Waals surface area (Å²) >= 11 is 0. The van der Waals surface area contributed by atoms with Crippen molar-refractivity contribution in [1.29, 1.82) is 5.41 Å². The fraction of sp³-hybridized carbons (Fsp3) is 0.500. The zero-order valence-electron chi connectivity index (χ0n) is 10.7. The molecule has 1 heterocycles. The van der Waals surface area contributed by atoms with E-state index in [9.17, 15) is 4.39 Å².